The Hall–Kier alpha value is -6.93. The lowest BCUT2D eigenvalue weighted by Crippen LogP contribution is -2.46. The first-order valence-electron chi connectivity index (χ1n) is 22.4. The maximum atomic E-state index is 13.3. The molecule has 0 unspecified atom stereocenters. The van der Waals surface area contributed by atoms with Crippen molar-refractivity contribution in [2.75, 3.05) is 85.1 Å². The van der Waals surface area contributed by atoms with Crippen LogP contribution in [0.2, 0.25) is 0 Å². The van der Waals surface area contributed by atoms with E-state index in [1.54, 1.807) is 41.6 Å². The van der Waals surface area contributed by atoms with Crippen molar-refractivity contribution in [2.24, 2.45) is 0 Å². The van der Waals surface area contributed by atoms with E-state index >= 15 is 0 Å². The van der Waals surface area contributed by atoms with Gasteiger partial charge in [0.25, 0.3) is 5.91 Å². The number of hydrogen-bond donors (Lipinski definition) is 3. The first kappa shape index (κ1) is 46.2. The molecule has 2 aromatic carbocycles. The number of likely N-dealkylation sites (tertiary alicyclic amines) is 1. The SMILES string of the molecule is C=C(CN1CCN(C)CC1)C(=O)N1CC[C@H](n2cc(-c3cc4cc(C)cc(OC)c4s3)c3c(N)ncnc32)C1.C=CC(=O)NCCn1nc(-c2cc3cc(C)cc(OC)c3s2)c2c(N)ncnc21. The van der Waals surface area contributed by atoms with E-state index in [0.717, 1.165) is 102 Å². The molecule has 6 aromatic heterocycles. The molecule has 8 heterocycles. The molecule has 1 atom stereocenters. The zero-order chi connectivity index (χ0) is 47.8. The molecule has 0 saturated carbocycles. The molecular formula is C49H55N13O4S2. The average molecular weight is 954 g/mol. The Kier molecular flexibility index (Phi) is 13.1. The van der Waals surface area contributed by atoms with E-state index < -0.39 is 0 Å². The first-order chi connectivity index (χ1) is 32.8. The molecule has 2 amide bonds. The summed E-state index contributed by atoms with van der Waals surface area (Å²) in [6, 6.07) is 12.7. The molecule has 0 spiro atoms. The second kappa shape index (κ2) is 19.4. The number of anilines is 2. The molecule has 10 rings (SSSR count). The van der Waals surface area contributed by atoms with Crippen LogP contribution in [0.25, 0.3) is 63.3 Å². The van der Waals surface area contributed by atoms with E-state index in [4.69, 9.17) is 26.0 Å². The molecule has 8 aromatic rings. The Morgan fingerprint density at radius 3 is 2.10 bits per heavy atom. The largest absolute Gasteiger partial charge is 0.495 e. The van der Waals surface area contributed by atoms with Crippen LogP contribution in [-0.2, 0) is 16.1 Å². The minimum absolute atomic E-state index is 0.0502. The van der Waals surface area contributed by atoms with Crippen molar-refractivity contribution in [1.29, 1.82) is 0 Å². The number of methoxy groups -OCH3 is 2. The van der Waals surface area contributed by atoms with Crippen molar-refractivity contribution in [3.8, 4) is 32.5 Å². The number of likely N-dealkylation sites (N-methyl/N-ethyl adjacent to an activating group) is 1. The van der Waals surface area contributed by atoms with Crippen LogP contribution in [0, 0.1) is 13.8 Å². The highest BCUT2D eigenvalue weighted by atomic mass is 32.1. The summed E-state index contributed by atoms with van der Waals surface area (Å²) in [7, 11) is 5.51. The number of carbonyl (C=O) groups is 2. The van der Waals surface area contributed by atoms with Crippen LogP contribution in [0.3, 0.4) is 0 Å². The van der Waals surface area contributed by atoms with Gasteiger partial charge < -0.3 is 40.6 Å². The zero-order valence-corrected chi connectivity index (χ0v) is 40.5. The van der Waals surface area contributed by atoms with Crippen molar-refractivity contribution < 1.29 is 19.1 Å². The molecule has 2 aliphatic rings. The van der Waals surface area contributed by atoms with Crippen LogP contribution in [0.4, 0.5) is 11.6 Å². The third-order valence-electron chi connectivity index (χ3n) is 12.6. The number of fused-ring (bicyclic) bond motifs is 4. The number of ether oxygens (including phenoxy) is 2. The third-order valence-corrected chi connectivity index (χ3v) is 14.9. The lowest BCUT2D eigenvalue weighted by molar-refractivity contribution is -0.126. The van der Waals surface area contributed by atoms with E-state index in [2.05, 4.69) is 103 Å². The molecule has 19 heteroatoms. The Bertz CT molecular complexity index is 3240. The monoisotopic (exact) mass is 953 g/mol. The van der Waals surface area contributed by atoms with Gasteiger partial charge in [-0.3, -0.25) is 14.5 Å². The molecule has 2 saturated heterocycles. The highest BCUT2D eigenvalue weighted by Gasteiger charge is 2.32. The van der Waals surface area contributed by atoms with E-state index in [1.807, 2.05) is 17.9 Å². The standard InChI is InChI=1S/C29H35N7O2S.C20H20N6O2S/c1-18-11-20-13-24(39-26(20)23(12-18)38-4)22-16-36(28-25(22)27(30)31-17-32-28)21-5-6-35(15-21)29(37)19(2)14-34-9-7-33(3)8-10-34;1-4-15(27)22-5-6-26-20-16(19(21)23-10-24-20)17(25-26)14-9-12-7-11(2)8-13(28-3)18(12)29-14/h11-13,16-17,21H,2,5-10,14-15H2,1,3-4H3,(H2,30,31,32);4,7-10H,1,5-6H2,2-3H3,(H,22,27)(H2,21,23,24)/t21-;/m0./s1. The molecule has 68 heavy (non-hydrogen) atoms. The van der Waals surface area contributed by atoms with E-state index in [1.165, 1.54) is 18.7 Å². The summed E-state index contributed by atoms with van der Waals surface area (Å²) in [4.78, 5) is 50.8. The summed E-state index contributed by atoms with van der Waals surface area (Å²) >= 11 is 3.27. The number of amides is 2. The van der Waals surface area contributed by atoms with Gasteiger partial charge in [0.1, 0.15) is 47.1 Å². The van der Waals surface area contributed by atoms with Crippen molar-refractivity contribution in [3.63, 3.8) is 0 Å². The van der Waals surface area contributed by atoms with Crippen molar-refractivity contribution in [3.05, 3.63) is 91.2 Å². The smallest absolute Gasteiger partial charge is 0.250 e. The van der Waals surface area contributed by atoms with Gasteiger partial charge in [-0.05, 0) is 79.6 Å². The molecule has 2 fully saturated rings. The summed E-state index contributed by atoms with van der Waals surface area (Å²) in [6.45, 7) is 18.5. The van der Waals surface area contributed by atoms with Crippen LogP contribution in [0.5, 0.6) is 11.5 Å². The summed E-state index contributed by atoms with van der Waals surface area (Å²) < 4.78 is 17.3. The molecule has 0 bridgehead atoms. The van der Waals surface area contributed by atoms with Crippen LogP contribution < -0.4 is 26.3 Å². The normalized spacial score (nSPS) is 15.5. The lowest BCUT2D eigenvalue weighted by atomic mass is 10.1. The van der Waals surface area contributed by atoms with Crippen LogP contribution in [0.1, 0.15) is 23.6 Å². The number of aromatic nitrogens is 7. The maximum absolute atomic E-state index is 13.3. The summed E-state index contributed by atoms with van der Waals surface area (Å²) in [5.74, 6) is 2.34. The number of carbonyl (C=O) groups excluding carboxylic acids is 2. The first-order valence-corrected chi connectivity index (χ1v) is 24.0. The number of aryl methyl sites for hydroxylation is 2. The quantitative estimate of drug-likeness (QED) is 0.109. The molecule has 17 nitrogen and oxygen atoms in total. The number of nitrogens with two attached hydrogens (primary N) is 2. The highest BCUT2D eigenvalue weighted by molar-refractivity contribution is 7.23. The Balaban J connectivity index is 0.000000178. The minimum atomic E-state index is -0.234. The predicted octanol–water partition coefficient (Wildman–Crippen LogP) is 6.70. The van der Waals surface area contributed by atoms with Gasteiger partial charge in [-0.15, -0.1) is 22.7 Å². The second-order valence-corrected chi connectivity index (χ2v) is 19.4. The summed E-state index contributed by atoms with van der Waals surface area (Å²) in [6.07, 6.45) is 7.15. The molecular weight excluding hydrogens is 899 g/mol. The zero-order valence-electron chi connectivity index (χ0n) is 38.9. The van der Waals surface area contributed by atoms with Gasteiger partial charge in [-0.2, -0.15) is 5.10 Å². The van der Waals surface area contributed by atoms with E-state index in [-0.39, 0.29) is 17.9 Å². The van der Waals surface area contributed by atoms with Crippen LogP contribution in [0.15, 0.2) is 80.1 Å². The molecule has 0 aliphatic carbocycles. The number of thiophene rings is 2. The predicted molar refractivity (Wildman–Crippen MR) is 272 cm³/mol. The van der Waals surface area contributed by atoms with Crippen LogP contribution >= 0.6 is 22.7 Å². The fourth-order valence-corrected chi connectivity index (χ4v) is 11.4. The maximum Gasteiger partial charge on any atom is 0.250 e. The summed E-state index contributed by atoms with van der Waals surface area (Å²) in [5, 5.41) is 11.3. The van der Waals surface area contributed by atoms with E-state index in [9.17, 15) is 9.59 Å². The number of nitrogens with one attached hydrogen (secondary N) is 1. The third kappa shape index (κ3) is 9.09. The fraction of sp³-hybridized carbons (Fsp3) is 0.327. The van der Waals surface area contributed by atoms with Gasteiger partial charge in [0.2, 0.25) is 5.91 Å². The van der Waals surface area contributed by atoms with Gasteiger partial charge in [0.05, 0.1) is 51.9 Å². The van der Waals surface area contributed by atoms with Crippen molar-refractivity contribution >= 4 is 88.4 Å². The average Bonchev–Trinajstić information content (AvgIpc) is 4.19. The Labute approximate surface area is 401 Å². The van der Waals surface area contributed by atoms with Crippen molar-refractivity contribution in [2.45, 2.75) is 32.9 Å². The molecule has 352 valence electrons. The molecule has 2 aliphatic heterocycles. The van der Waals surface area contributed by atoms with Gasteiger partial charge in [0.15, 0.2) is 5.65 Å². The minimum Gasteiger partial charge on any atom is -0.495 e. The highest BCUT2D eigenvalue weighted by Crippen LogP contribution is 2.45. The molecule has 0 radical (unpaired) electrons. The van der Waals surface area contributed by atoms with E-state index in [0.29, 0.717) is 66.7 Å². The van der Waals surface area contributed by atoms with Gasteiger partial charge in [-0.25, -0.2) is 24.6 Å². The van der Waals surface area contributed by atoms with Gasteiger partial charge >= 0.3 is 0 Å². The number of piperazine rings is 1. The van der Waals surface area contributed by atoms with Crippen molar-refractivity contribution in [1.82, 2.24) is 54.3 Å². The Morgan fingerprint density at radius 1 is 0.838 bits per heavy atom. The summed E-state index contributed by atoms with van der Waals surface area (Å²) in [5.41, 5.74) is 18.7. The second-order valence-electron chi connectivity index (χ2n) is 17.3. The number of benzene rings is 2. The number of rotatable bonds is 12. The fourth-order valence-electron chi connectivity index (χ4n) is 9.09. The number of nitrogens with zero attached hydrogens (tertiary/aromatic N) is 10. The topological polar surface area (TPSA) is 201 Å². The number of nitrogen functional groups attached to an aromatic ring is 2. The van der Waals surface area contributed by atoms with Crippen LogP contribution in [-0.4, -0.2) is 134 Å². The lowest BCUT2D eigenvalue weighted by Gasteiger charge is -2.33. The van der Waals surface area contributed by atoms with Gasteiger partial charge in [-0.1, -0.05) is 25.3 Å². The van der Waals surface area contributed by atoms with Gasteiger partial charge in [0, 0.05) is 74.6 Å². The molecule has 5 N–H and O–H groups in total. The Morgan fingerprint density at radius 2 is 1.46 bits per heavy atom. The number of hydrogen-bond acceptors (Lipinski definition) is 15.